The Bertz CT molecular complexity index is 549. The first-order chi connectivity index (χ1) is 10.2. The number of hydrogen-bond donors (Lipinski definition) is 1. The third-order valence-corrected chi connectivity index (χ3v) is 3.33. The number of ether oxygens (including phenoxy) is 2. The summed E-state index contributed by atoms with van der Waals surface area (Å²) in [6.45, 7) is 4.91. The van der Waals surface area contributed by atoms with Crippen molar-refractivity contribution in [3.05, 3.63) is 59.7 Å². The third kappa shape index (κ3) is 4.23. The lowest BCUT2D eigenvalue weighted by atomic mass is 10.1. The van der Waals surface area contributed by atoms with E-state index in [-0.39, 0.29) is 6.61 Å². The van der Waals surface area contributed by atoms with Gasteiger partial charge in [0.05, 0.1) is 6.61 Å². The fourth-order valence-corrected chi connectivity index (χ4v) is 2.15. The number of aryl methyl sites for hydroxylation is 1. The Morgan fingerprint density at radius 3 is 2.33 bits per heavy atom. The van der Waals surface area contributed by atoms with E-state index in [1.165, 1.54) is 0 Å². The number of aliphatic hydroxyl groups excluding tert-OH is 1. The second kappa shape index (κ2) is 7.70. The van der Waals surface area contributed by atoms with Gasteiger partial charge in [-0.05, 0) is 42.7 Å². The summed E-state index contributed by atoms with van der Waals surface area (Å²) in [5.74, 6) is 1.65. The zero-order valence-electron chi connectivity index (χ0n) is 12.6. The summed E-state index contributed by atoms with van der Waals surface area (Å²) in [4.78, 5) is 0. The maximum atomic E-state index is 10.2. The molecular formula is C18H22O3. The van der Waals surface area contributed by atoms with Crippen molar-refractivity contribution in [2.45, 2.75) is 26.4 Å². The van der Waals surface area contributed by atoms with Gasteiger partial charge >= 0.3 is 0 Å². The summed E-state index contributed by atoms with van der Waals surface area (Å²) in [6, 6.07) is 15.4. The largest absolute Gasteiger partial charge is 0.494 e. The van der Waals surface area contributed by atoms with E-state index in [2.05, 4.69) is 6.92 Å². The highest BCUT2D eigenvalue weighted by molar-refractivity contribution is 5.33. The molecule has 0 heterocycles. The Morgan fingerprint density at radius 2 is 1.67 bits per heavy atom. The molecule has 0 saturated carbocycles. The summed E-state index contributed by atoms with van der Waals surface area (Å²) in [5, 5.41) is 10.2. The molecule has 3 nitrogen and oxygen atoms in total. The second-order valence-corrected chi connectivity index (χ2v) is 4.79. The molecule has 0 radical (unpaired) electrons. The zero-order valence-corrected chi connectivity index (χ0v) is 12.6. The van der Waals surface area contributed by atoms with E-state index in [9.17, 15) is 5.11 Å². The molecule has 2 rings (SSSR count). The SMILES string of the molecule is CCOc1ccc(C(O)COc2ccccc2CC)cc1. The molecule has 2 aromatic carbocycles. The predicted molar refractivity (Wildman–Crippen MR) is 83.9 cm³/mol. The lowest BCUT2D eigenvalue weighted by molar-refractivity contribution is 0.107. The standard InChI is InChI=1S/C18H22O3/c1-3-14-7-5-6-8-18(14)21-13-17(19)15-9-11-16(12-10-15)20-4-2/h5-12,17,19H,3-4,13H2,1-2H3. The first-order valence-electron chi connectivity index (χ1n) is 7.36. The van der Waals surface area contributed by atoms with Crippen molar-refractivity contribution in [1.29, 1.82) is 0 Å². The van der Waals surface area contributed by atoms with Gasteiger partial charge in [0.2, 0.25) is 0 Å². The molecule has 0 saturated heterocycles. The molecule has 0 bridgehead atoms. The first kappa shape index (κ1) is 15.4. The van der Waals surface area contributed by atoms with Crippen LogP contribution >= 0.6 is 0 Å². The van der Waals surface area contributed by atoms with Crippen LogP contribution in [0.25, 0.3) is 0 Å². The van der Waals surface area contributed by atoms with Gasteiger partial charge in [0.15, 0.2) is 0 Å². The molecule has 1 unspecified atom stereocenters. The molecule has 0 aliphatic heterocycles. The van der Waals surface area contributed by atoms with E-state index >= 15 is 0 Å². The van der Waals surface area contributed by atoms with Gasteiger partial charge in [-0.25, -0.2) is 0 Å². The fraction of sp³-hybridized carbons (Fsp3) is 0.333. The summed E-state index contributed by atoms with van der Waals surface area (Å²) in [7, 11) is 0. The highest BCUT2D eigenvalue weighted by Crippen LogP contribution is 2.22. The van der Waals surface area contributed by atoms with Crippen molar-refractivity contribution in [3.8, 4) is 11.5 Å². The van der Waals surface area contributed by atoms with Crippen LogP contribution in [-0.2, 0) is 6.42 Å². The van der Waals surface area contributed by atoms with E-state index < -0.39 is 6.10 Å². The van der Waals surface area contributed by atoms with Crippen LogP contribution in [0.5, 0.6) is 11.5 Å². The number of aliphatic hydroxyl groups is 1. The van der Waals surface area contributed by atoms with Gasteiger partial charge < -0.3 is 14.6 Å². The average Bonchev–Trinajstić information content (AvgIpc) is 2.54. The number of rotatable bonds is 7. The summed E-state index contributed by atoms with van der Waals surface area (Å²) >= 11 is 0. The van der Waals surface area contributed by atoms with Crippen molar-refractivity contribution < 1.29 is 14.6 Å². The van der Waals surface area contributed by atoms with Gasteiger partial charge in [0, 0.05) is 0 Å². The van der Waals surface area contributed by atoms with Crippen molar-refractivity contribution in [2.24, 2.45) is 0 Å². The van der Waals surface area contributed by atoms with Crippen LogP contribution in [-0.4, -0.2) is 18.3 Å². The molecule has 0 aromatic heterocycles. The minimum absolute atomic E-state index is 0.241. The van der Waals surface area contributed by atoms with Crippen molar-refractivity contribution in [2.75, 3.05) is 13.2 Å². The minimum Gasteiger partial charge on any atom is -0.494 e. The molecule has 3 heteroatoms. The normalized spacial score (nSPS) is 12.0. The Labute approximate surface area is 126 Å². The van der Waals surface area contributed by atoms with E-state index in [0.717, 1.165) is 29.0 Å². The molecule has 2 aromatic rings. The van der Waals surface area contributed by atoms with Crippen LogP contribution in [0.1, 0.15) is 31.1 Å². The number of benzene rings is 2. The smallest absolute Gasteiger partial charge is 0.122 e. The van der Waals surface area contributed by atoms with Crippen LogP contribution in [0.3, 0.4) is 0 Å². The molecule has 1 N–H and O–H groups in total. The Hall–Kier alpha value is -2.00. The van der Waals surface area contributed by atoms with E-state index in [1.54, 1.807) is 0 Å². The topological polar surface area (TPSA) is 38.7 Å². The van der Waals surface area contributed by atoms with Gasteiger partial charge in [0.1, 0.15) is 24.2 Å². The van der Waals surface area contributed by atoms with Gasteiger partial charge in [0.25, 0.3) is 0 Å². The molecule has 21 heavy (non-hydrogen) atoms. The zero-order chi connectivity index (χ0) is 15.1. The fourth-order valence-electron chi connectivity index (χ4n) is 2.15. The minimum atomic E-state index is -0.648. The quantitative estimate of drug-likeness (QED) is 0.842. The van der Waals surface area contributed by atoms with Crippen LogP contribution in [0.4, 0.5) is 0 Å². The maximum Gasteiger partial charge on any atom is 0.122 e. The second-order valence-electron chi connectivity index (χ2n) is 4.79. The lowest BCUT2D eigenvalue weighted by Crippen LogP contribution is -2.10. The Morgan fingerprint density at radius 1 is 0.952 bits per heavy atom. The van der Waals surface area contributed by atoms with Crippen molar-refractivity contribution in [3.63, 3.8) is 0 Å². The third-order valence-electron chi connectivity index (χ3n) is 3.33. The molecule has 112 valence electrons. The number of hydrogen-bond acceptors (Lipinski definition) is 3. The Kier molecular flexibility index (Phi) is 5.64. The first-order valence-corrected chi connectivity index (χ1v) is 7.36. The highest BCUT2D eigenvalue weighted by atomic mass is 16.5. The van der Waals surface area contributed by atoms with Crippen LogP contribution < -0.4 is 9.47 Å². The molecular weight excluding hydrogens is 264 g/mol. The molecule has 0 fully saturated rings. The summed E-state index contributed by atoms with van der Waals surface area (Å²) in [6.07, 6.45) is 0.264. The van der Waals surface area contributed by atoms with Gasteiger partial charge in [-0.2, -0.15) is 0 Å². The van der Waals surface area contributed by atoms with Crippen LogP contribution in [0.2, 0.25) is 0 Å². The Balaban J connectivity index is 1.96. The van der Waals surface area contributed by atoms with Gasteiger partial charge in [-0.3, -0.25) is 0 Å². The molecule has 1 atom stereocenters. The van der Waals surface area contributed by atoms with Crippen molar-refractivity contribution >= 4 is 0 Å². The molecule has 0 spiro atoms. The van der Waals surface area contributed by atoms with E-state index in [1.807, 2.05) is 55.5 Å². The molecule has 0 aliphatic rings. The number of para-hydroxylation sites is 1. The lowest BCUT2D eigenvalue weighted by Gasteiger charge is -2.15. The predicted octanol–water partition coefficient (Wildman–Crippen LogP) is 3.76. The molecule has 0 aliphatic carbocycles. The van der Waals surface area contributed by atoms with Crippen LogP contribution in [0.15, 0.2) is 48.5 Å². The van der Waals surface area contributed by atoms with Crippen molar-refractivity contribution in [1.82, 2.24) is 0 Å². The van der Waals surface area contributed by atoms with Gasteiger partial charge in [-0.1, -0.05) is 37.3 Å². The highest BCUT2D eigenvalue weighted by Gasteiger charge is 2.10. The molecule has 0 amide bonds. The van der Waals surface area contributed by atoms with E-state index in [0.29, 0.717) is 6.61 Å². The van der Waals surface area contributed by atoms with E-state index in [4.69, 9.17) is 9.47 Å². The maximum absolute atomic E-state index is 10.2. The summed E-state index contributed by atoms with van der Waals surface area (Å²) in [5.41, 5.74) is 1.98. The average molecular weight is 286 g/mol. The van der Waals surface area contributed by atoms with Crippen LogP contribution in [0, 0.1) is 0 Å². The monoisotopic (exact) mass is 286 g/mol. The summed E-state index contributed by atoms with van der Waals surface area (Å²) < 4.78 is 11.1. The van der Waals surface area contributed by atoms with Gasteiger partial charge in [-0.15, -0.1) is 0 Å².